The van der Waals surface area contributed by atoms with E-state index in [0.717, 1.165) is 25.0 Å². The summed E-state index contributed by atoms with van der Waals surface area (Å²) in [7, 11) is 0. The van der Waals surface area contributed by atoms with Crippen molar-refractivity contribution in [3.05, 3.63) is 23.4 Å². The van der Waals surface area contributed by atoms with Crippen LogP contribution in [-0.4, -0.2) is 23.5 Å². The summed E-state index contributed by atoms with van der Waals surface area (Å²) in [5.74, 6) is 0.342. The molecular weight excluding hydrogens is 204 g/mol. The van der Waals surface area contributed by atoms with E-state index in [4.69, 9.17) is 10.5 Å². The second kappa shape index (κ2) is 4.61. The van der Waals surface area contributed by atoms with Crippen LogP contribution in [0.4, 0.5) is 5.82 Å². The number of carbonyl (C=O) groups is 1. The fraction of sp³-hybridized carbons (Fsp3) is 0.500. The lowest BCUT2D eigenvalue weighted by molar-refractivity contribution is 0.0776. The van der Waals surface area contributed by atoms with E-state index in [1.54, 1.807) is 12.3 Å². The Balaban J connectivity index is 2.10. The number of nitrogens with two attached hydrogens (primary N) is 1. The molecule has 4 nitrogen and oxygen atoms in total. The van der Waals surface area contributed by atoms with Gasteiger partial charge in [0.05, 0.1) is 11.7 Å². The van der Waals surface area contributed by atoms with E-state index in [-0.39, 0.29) is 11.9 Å². The number of pyridine rings is 1. The lowest BCUT2D eigenvalue weighted by Crippen LogP contribution is -2.14. The summed E-state index contributed by atoms with van der Waals surface area (Å²) in [6.07, 6.45) is 4.14. The largest absolute Gasteiger partial charge is 0.383 e. The molecule has 1 saturated heterocycles. The van der Waals surface area contributed by atoms with Crippen LogP contribution in [-0.2, 0) is 4.74 Å². The summed E-state index contributed by atoms with van der Waals surface area (Å²) >= 11 is 0. The normalized spacial score (nSPS) is 19.9. The minimum atomic E-state index is 0.0283. The highest BCUT2D eigenvalue weighted by Crippen LogP contribution is 2.20. The number of nitrogens with zero attached hydrogens (tertiary/aromatic N) is 1. The van der Waals surface area contributed by atoms with Crippen LogP contribution in [0, 0.1) is 6.92 Å². The molecule has 2 heterocycles. The van der Waals surface area contributed by atoms with Gasteiger partial charge in [-0.15, -0.1) is 0 Å². The molecule has 0 aromatic carbocycles. The van der Waals surface area contributed by atoms with Crippen LogP contribution in [0.25, 0.3) is 0 Å². The molecule has 1 aromatic rings. The standard InChI is InChI=1S/C12H16N2O2/c1-8-5-10(12(13)14-7-8)11(15)6-9-3-2-4-16-9/h5,7,9H,2-4,6H2,1H3,(H2,13,14). The molecule has 1 unspecified atom stereocenters. The Kier molecular flexibility index (Phi) is 3.19. The number of anilines is 1. The molecule has 1 aliphatic heterocycles. The van der Waals surface area contributed by atoms with Crippen molar-refractivity contribution < 1.29 is 9.53 Å². The third-order valence-electron chi connectivity index (χ3n) is 2.79. The number of hydrogen-bond acceptors (Lipinski definition) is 4. The molecule has 0 radical (unpaired) electrons. The number of ether oxygens (including phenoxy) is 1. The van der Waals surface area contributed by atoms with E-state index in [1.807, 2.05) is 6.92 Å². The molecule has 86 valence electrons. The van der Waals surface area contributed by atoms with Crippen molar-refractivity contribution in [2.45, 2.75) is 32.3 Å². The Bertz CT molecular complexity index is 398. The molecule has 4 heteroatoms. The molecule has 16 heavy (non-hydrogen) atoms. The number of aromatic nitrogens is 1. The van der Waals surface area contributed by atoms with Crippen LogP contribution in [0.5, 0.6) is 0 Å². The number of Topliss-reactive ketones (excluding diaryl/α,β-unsaturated/α-hetero) is 1. The zero-order chi connectivity index (χ0) is 11.5. The molecule has 1 aromatic heterocycles. The molecule has 2 N–H and O–H groups in total. The average molecular weight is 220 g/mol. The summed E-state index contributed by atoms with van der Waals surface area (Å²) in [4.78, 5) is 16.0. The van der Waals surface area contributed by atoms with E-state index in [1.165, 1.54) is 0 Å². The van der Waals surface area contributed by atoms with E-state index in [0.29, 0.717) is 17.8 Å². The molecule has 1 aliphatic rings. The zero-order valence-electron chi connectivity index (χ0n) is 9.40. The number of rotatable bonds is 3. The number of nitrogen functional groups attached to an aromatic ring is 1. The highest BCUT2D eigenvalue weighted by molar-refractivity contribution is 6.00. The highest BCUT2D eigenvalue weighted by atomic mass is 16.5. The first-order valence-electron chi connectivity index (χ1n) is 5.54. The van der Waals surface area contributed by atoms with E-state index in [9.17, 15) is 4.79 Å². The van der Waals surface area contributed by atoms with Gasteiger partial charge in [-0.05, 0) is 31.4 Å². The molecule has 0 amide bonds. The maximum Gasteiger partial charge on any atom is 0.169 e. The maximum atomic E-state index is 12.0. The molecular formula is C12H16N2O2. The zero-order valence-corrected chi connectivity index (χ0v) is 9.40. The molecule has 1 atom stereocenters. The minimum absolute atomic E-state index is 0.0283. The van der Waals surface area contributed by atoms with Crippen LogP contribution in [0.1, 0.15) is 35.2 Å². The lowest BCUT2D eigenvalue weighted by atomic mass is 10.0. The van der Waals surface area contributed by atoms with Crippen molar-refractivity contribution in [2.24, 2.45) is 0 Å². The van der Waals surface area contributed by atoms with Crippen LogP contribution in [0.3, 0.4) is 0 Å². The van der Waals surface area contributed by atoms with Gasteiger partial charge in [-0.25, -0.2) is 4.98 Å². The van der Waals surface area contributed by atoms with Crippen LogP contribution in [0.2, 0.25) is 0 Å². The number of hydrogen-bond donors (Lipinski definition) is 1. The Morgan fingerprint density at radius 1 is 1.69 bits per heavy atom. The van der Waals surface area contributed by atoms with Gasteiger partial charge >= 0.3 is 0 Å². The SMILES string of the molecule is Cc1cnc(N)c(C(=O)CC2CCCO2)c1. The third kappa shape index (κ3) is 2.39. The fourth-order valence-corrected chi connectivity index (χ4v) is 1.93. The van der Waals surface area contributed by atoms with E-state index >= 15 is 0 Å². The molecule has 0 aliphatic carbocycles. The lowest BCUT2D eigenvalue weighted by Gasteiger charge is -2.09. The van der Waals surface area contributed by atoms with Gasteiger partial charge in [-0.2, -0.15) is 0 Å². The number of aryl methyl sites for hydroxylation is 1. The summed E-state index contributed by atoms with van der Waals surface area (Å²) in [5, 5.41) is 0. The van der Waals surface area contributed by atoms with Crippen molar-refractivity contribution in [1.82, 2.24) is 4.98 Å². The van der Waals surface area contributed by atoms with E-state index < -0.39 is 0 Å². The number of carbonyl (C=O) groups excluding carboxylic acids is 1. The second-order valence-corrected chi connectivity index (χ2v) is 4.21. The maximum absolute atomic E-state index is 12.0. The van der Waals surface area contributed by atoms with Crippen LogP contribution < -0.4 is 5.73 Å². The van der Waals surface area contributed by atoms with Crippen LogP contribution in [0.15, 0.2) is 12.3 Å². The van der Waals surface area contributed by atoms with Gasteiger partial charge in [0.25, 0.3) is 0 Å². The van der Waals surface area contributed by atoms with Gasteiger partial charge in [0.1, 0.15) is 5.82 Å². The monoisotopic (exact) mass is 220 g/mol. The Morgan fingerprint density at radius 2 is 2.50 bits per heavy atom. The predicted molar refractivity (Wildman–Crippen MR) is 61.3 cm³/mol. The number of ketones is 1. The van der Waals surface area contributed by atoms with Gasteiger partial charge in [0.2, 0.25) is 0 Å². The van der Waals surface area contributed by atoms with Gasteiger partial charge in [0, 0.05) is 19.2 Å². The molecule has 0 saturated carbocycles. The van der Waals surface area contributed by atoms with Crippen molar-refractivity contribution in [3.63, 3.8) is 0 Å². The van der Waals surface area contributed by atoms with Gasteiger partial charge in [-0.1, -0.05) is 0 Å². The predicted octanol–water partition coefficient (Wildman–Crippen LogP) is 1.72. The summed E-state index contributed by atoms with van der Waals surface area (Å²) in [5.41, 5.74) is 7.16. The Labute approximate surface area is 94.8 Å². The van der Waals surface area contributed by atoms with Gasteiger partial charge < -0.3 is 10.5 Å². The second-order valence-electron chi connectivity index (χ2n) is 4.21. The third-order valence-corrected chi connectivity index (χ3v) is 2.79. The molecule has 0 spiro atoms. The van der Waals surface area contributed by atoms with Crippen molar-refractivity contribution >= 4 is 11.6 Å². The summed E-state index contributed by atoms with van der Waals surface area (Å²) < 4.78 is 5.43. The quantitative estimate of drug-likeness (QED) is 0.788. The van der Waals surface area contributed by atoms with E-state index in [2.05, 4.69) is 4.98 Å². The van der Waals surface area contributed by atoms with Crippen molar-refractivity contribution in [2.75, 3.05) is 12.3 Å². The van der Waals surface area contributed by atoms with Gasteiger partial charge in [0.15, 0.2) is 5.78 Å². The average Bonchev–Trinajstić information content (AvgIpc) is 2.74. The highest BCUT2D eigenvalue weighted by Gasteiger charge is 2.21. The van der Waals surface area contributed by atoms with Crippen molar-refractivity contribution in [1.29, 1.82) is 0 Å². The minimum Gasteiger partial charge on any atom is -0.383 e. The first-order chi connectivity index (χ1) is 7.66. The smallest absolute Gasteiger partial charge is 0.169 e. The molecule has 1 fully saturated rings. The summed E-state index contributed by atoms with van der Waals surface area (Å²) in [6, 6.07) is 1.79. The first-order valence-corrected chi connectivity index (χ1v) is 5.54. The van der Waals surface area contributed by atoms with Crippen molar-refractivity contribution in [3.8, 4) is 0 Å². The molecule has 2 rings (SSSR count). The first kappa shape index (κ1) is 11.1. The van der Waals surface area contributed by atoms with Gasteiger partial charge in [-0.3, -0.25) is 4.79 Å². The fourth-order valence-electron chi connectivity index (χ4n) is 1.93. The van der Waals surface area contributed by atoms with Crippen LogP contribution >= 0.6 is 0 Å². The topological polar surface area (TPSA) is 65.2 Å². The Morgan fingerprint density at radius 3 is 3.19 bits per heavy atom. The molecule has 0 bridgehead atoms. The summed E-state index contributed by atoms with van der Waals surface area (Å²) in [6.45, 7) is 2.66. The Hall–Kier alpha value is -1.42.